The molecule has 0 aliphatic carbocycles. The highest BCUT2D eigenvalue weighted by atomic mass is 35.5. The van der Waals surface area contributed by atoms with E-state index in [0.29, 0.717) is 50.6 Å². The number of hydrogen-bond acceptors (Lipinski definition) is 6. The van der Waals surface area contributed by atoms with Gasteiger partial charge in [-0.3, -0.25) is 4.79 Å². The third-order valence-corrected chi connectivity index (χ3v) is 7.38. The van der Waals surface area contributed by atoms with Crippen molar-refractivity contribution < 1.29 is 14.3 Å². The average Bonchev–Trinajstić information content (AvgIpc) is 3.34. The predicted octanol–water partition coefficient (Wildman–Crippen LogP) is 5.48. The second-order valence-corrected chi connectivity index (χ2v) is 10.4. The molecule has 7 nitrogen and oxygen atoms in total. The van der Waals surface area contributed by atoms with Gasteiger partial charge in [0.2, 0.25) is 5.91 Å². The van der Waals surface area contributed by atoms with Crippen molar-refractivity contribution in [2.75, 3.05) is 7.11 Å². The SMILES string of the molecule is COC(=O)c1c(C)[nH]c(/C=N\N=C2\NC(=O)[C@H](Cc3cccc(C)c3)S2)c1Cc1cc(Cl)ccc1Cl. The normalized spacial score (nSPS) is 16.6. The van der Waals surface area contributed by atoms with Crippen LogP contribution in [0.2, 0.25) is 10.0 Å². The smallest absolute Gasteiger partial charge is 0.339 e. The number of hydrogen-bond donors (Lipinski definition) is 2. The minimum absolute atomic E-state index is 0.101. The van der Waals surface area contributed by atoms with Crippen molar-refractivity contribution in [3.8, 4) is 0 Å². The molecule has 3 aromatic rings. The average molecular weight is 543 g/mol. The number of halogens is 2. The van der Waals surface area contributed by atoms with Crippen LogP contribution in [0.1, 0.15) is 44.0 Å². The second-order valence-electron chi connectivity index (χ2n) is 8.36. The van der Waals surface area contributed by atoms with Gasteiger partial charge in [0.15, 0.2) is 5.17 Å². The molecule has 36 heavy (non-hydrogen) atoms. The summed E-state index contributed by atoms with van der Waals surface area (Å²) in [5.41, 5.74) is 5.28. The van der Waals surface area contributed by atoms with Crippen LogP contribution in [0.15, 0.2) is 52.7 Å². The standard InChI is InChI=1S/C26H24Cl2N4O3S/c1-14-5-4-6-16(9-14)10-22-24(33)31-26(36-22)32-29-13-21-19(23(15(2)30-21)25(34)35-3)12-17-11-18(27)7-8-20(17)28/h4-9,11,13,22,30H,10,12H2,1-3H3,(H,31,32,33)/b29-13-/t22-/m0/s1. The lowest BCUT2D eigenvalue weighted by Crippen LogP contribution is -2.25. The van der Waals surface area contributed by atoms with Gasteiger partial charge in [0.25, 0.3) is 0 Å². The summed E-state index contributed by atoms with van der Waals surface area (Å²) in [5, 5.41) is 12.4. The molecule has 4 rings (SSSR count). The van der Waals surface area contributed by atoms with Crippen molar-refractivity contribution in [3.05, 3.63) is 91.7 Å². The Morgan fingerprint density at radius 2 is 2.00 bits per heavy atom. The fraction of sp³-hybridized carbons (Fsp3) is 0.231. The van der Waals surface area contributed by atoms with Crippen molar-refractivity contribution in [3.63, 3.8) is 0 Å². The third-order valence-electron chi connectivity index (χ3n) is 5.70. The number of nitrogens with zero attached hydrogens (tertiary/aromatic N) is 2. The van der Waals surface area contributed by atoms with Crippen molar-refractivity contribution in [2.45, 2.75) is 31.9 Å². The van der Waals surface area contributed by atoms with E-state index in [2.05, 4.69) is 26.6 Å². The molecule has 10 heteroatoms. The Labute approximate surface area is 223 Å². The molecular formula is C26H24Cl2N4O3S. The Morgan fingerprint density at radius 1 is 1.19 bits per heavy atom. The number of amidine groups is 1. The maximum atomic E-state index is 12.5. The zero-order valence-corrected chi connectivity index (χ0v) is 22.2. The third kappa shape index (κ3) is 6.00. The Morgan fingerprint density at radius 3 is 2.75 bits per heavy atom. The summed E-state index contributed by atoms with van der Waals surface area (Å²) in [4.78, 5) is 28.1. The van der Waals surface area contributed by atoms with Gasteiger partial charge in [0.1, 0.15) is 0 Å². The molecule has 1 aliphatic heterocycles. The van der Waals surface area contributed by atoms with Gasteiger partial charge in [0.05, 0.1) is 29.8 Å². The topological polar surface area (TPSA) is 95.9 Å². The van der Waals surface area contributed by atoms with Crippen LogP contribution >= 0.6 is 35.0 Å². The van der Waals surface area contributed by atoms with Gasteiger partial charge >= 0.3 is 5.97 Å². The molecule has 1 fully saturated rings. The zero-order valence-electron chi connectivity index (χ0n) is 19.9. The molecule has 0 radical (unpaired) electrons. The van der Waals surface area contributed by atoms with E-state index in [9.17, 15) is 9.59 Å². The molecular weight excluding hydrogens is 519 g/mol. The first-order valence-electron chi connectivity index (χ1n) is 11.1. The molecule has 1 amide bonds. The van der Waals surface area contributed by atoms with Crippen LogP contribution in [-0.4, -0.2) is 40.6 Å². The highest BCUT2D eigenvalue weighted by Crippen LogP contribution is 2.28. The minimum atomic E-state index is -0.472. The van der Waals surface area contributed by atoms with Gasteiger partial charge in [-0.2, -0.15) is 5.10 Å². The van der Waals surface area contributed by atoms with Crippen LogP contribution in [0.5, 0.6) is 0 Å². The van der Waals surface area contributed by atoms with Crippen molar-refractivity contribution in [2.24, 2.45) is 10.2 Å². The summed E-state index contributed by atoms with van der Waals surface area (Å²) >= 11 is 13.9. The van der Waals surface area contributed by atoms with E-state index in [1.807, 2.05) is 25.1 Å². The molecule has 0 spiro atoms. The second kappa shape index (κ2) is 11.3. The number of thioether (sulfide) groups is 1. The number of H-pyrrole nitrogens is 1. The summed E-state index contributed by atoms with van der Waals surface area (Å²) in [5.74, 6) is -0.573. The summed E-state index contributed by atoms with van der Waals surface area (Å²) in [6.07, 6.45) is 2.45. The molecule has 1 aromatic heterocycles. The number of aryl methyl sites for hydroxylation is 2. The number of rotatable bonds is 7. The van der Waals surface area contributed by atoms with Gasteiger partial charge in [0, 0.05) is 22.2 Å². The first-order chi connectivity index (χ1) is 17.2. The van der Waals surface area contributed by atoms with Gasteiger partial charge < -0.3 is 15.0 Å². The van der Waals surface area contributed by atoms with E-state index in [4.69, 9.17) is 27.9 Å². The zero-order chi connectivity index (χ0) is 25.8. The number of aromatic nitrogens is 1. The van der Waals surface area contributed by atoms with E-state index < -0.39 is 5.97 Å². The number of benzene rings is 2. The largest absolute Gasteiger partial charge is 0.465 e. The number of aromatic amines is 1. The van der Waals surface area contributed by atoms with Crippen molar-refractivity contribution >= 4 is 58.2 Å². The fourth-order valence-corrected chi connectivity index (χ4v) is 5.37. The van der Waals surface area contributed by atoms with Crippen LogP contribution in [0.4, 0.5) is 0 Å². The van der Waals surface area contributed by atoms with Crippen molar-refractivity contribution in [1.29, 1.82) is 0 Å². The van der Waals surface area contributed by atoms with Crippen LogP contribution in [0.25, 0.3) is 0 Å². The van der Waals surface area contributed by atoms with E-state index in [-0.39, 0.29) is 11.2 Å². The molecule has 1 atom stereocenters. The van der Waals surface area contributed by atoms with Crippen molar-refractivity contribution in [1.82, 2.24) is 10.3 Å². The summed E-state index contributed by atoms with van der Waals surface area (Å²) < 4.78 is 4.99. The van der Waals surface area contributed by atoms with Crippen LogP contribution in [-0.2, 0) is 22.4 Å². The number of carbonyl (C=O) groups is 2. The van der Waals surface area contributed by atoms with E-state index in [0.717, 1.165) is 16.7 Å². The minimum Gasteiger partial charge on any atom is -0.465 e. The Hall–Kier alpha value is -3.07. The predicted molar refractivity (Wildman–Crippen MR) is 146 cm³/mol. The quantitative estimate of drug-likeness (QED) is 0.234. The van der Waals surface area contributed by atoms with Crippen LogP contribution in [0, 0.1) is 13.8 Å². The van der Waals surface area contributed by atoms with Gasteiger partial charge in [-0.1, -0.05) is 64.8 Å². The highest BCUT2D eigenvalue weighted by molar-refractivity contribution is 8.15. The molecule has 2 N–H and O–H groups in total. The first-order valence-corrected chi connectivity index (χ1v) is 12.8. The Bertz CT molecular complexity index is 1380. The first kappa shape index (κ1) is 26.0. The number of esters is 1. The molecule has 2 heterocycles. The lowest BCUT2D eigenvalue weighted by Gasteiger charge is -2.08. The summed E-state index contributed by atoms with van der Waals surface area (Å²) in [7, 11) is 1.33. The molecule has 0 unspecified atom stereocenters. The molecule has 0 bridgehead atoms. The molecule has 1 saturated heterocycles. The lowest BCUT2D eigenvalue weighted by atomic mass is 10.00. The number of ether oxygens (including phenoxy) is 1. The van der Waals surface area contributed by atoms with E-state index in [1.165, 1.54) is 25.1 Å². The number of amides is 1. The van der Waals surface area contributed by atoms with Crippen LogP contribution in [0.3, 0.4) is 0 Å². The number of nitrogens with one attached hydrogen (secondary N) is 2. The number of carbonyl (C=O) groups excluding carboxylic acids is 2. The monoisotopic (exact) mass is 542 g/mol. The Kier molecular flexibility index (Phi) is 8.18. The van der Waals surface area contributed by atoms with E-state index in [1.54, 1.807) is 25.1 Å². The van der Waals surface area contributed by atoms with Gasteiger partial charge in [-0.05, 0) is 55.2 Å². The van der Waals surface area contributed by atoms with Crippen LogP contribution < -0.4 is 5.32 Å². The molecule has 2 aromatic carbocycles. The molecule has 0 saturated carbocycles. The highest BCUT2D eigenvalue weighted by Gasteiger charge is 2.30. The molecule has 1 aliphatic rings. The maximum absolute atomic E-state index is 12.5. The number of methoxy groups -OCH3 is 1. The molecule has 186 valence electrons. The fourth-order valence-electron chi connectivity index (χ4n) is 4.02. The summed E-state index contributed by atoms with van der Waals surface area (Å²) in [6, 6.07) is 13.3. The Balaban J connectivity index is 1.56. The summed E-state index contributed by atoms with van der Waals surface area (Å²) in [6.45, 7) is 3.80. The van der Waals surface area contributed by atoms with E-state index >= 15 is 0 Å². The lowest BCUT2D eigenvalue weighted by molar-refractivity contribution is -0.118. The van der Waals surface area contributed by atoms with Gasteiger partial charge in [-0.15, -0.1) is 5.10 Å². The van der Waals surface area contributed by atoms with Gasteiger partial charge in [-0.25, -0.2) is 4.79 Å². The maximum Gasteiger partial charge on any atom is 0.339 e.